The first-order valence-electron chi connectivity index (χ1n) is 5.28. The summed E-state index contributed by atoms with van der Waals surface area (Å²) in [5, 5.41) is 3.67. The first kappa shape index (κ1) is 11.3. The average molecular weight is 239 g/mol. The zero-order valence-corrected chi connectivity index (χ0v) is 10.2. The van der Waals surface area contributed by atoms with Crippen molar-refractivity contribution in [3.8, 4) is 0 Å². The molecule has 1 N–H and O–H groups in total. The minimum Gasteiger partial charge on any atom is -0.360 e. The van der Waals surface area contributed by atoms with Crippen molar-refractivity contribution in [1.82, 2.24) is 5.32 Å². The lowest BCUT2D eigenvalue weighted by Gasteiger charge is -2.39. The molecule has 0 atom stereocenters. The Morgan fingerprint density at radius 2 is 1.94 bits per heavy atom. The number of halogens is 1. The maximum Gasteiger partial charge on any atom is 0.239 e. The second-order valence-corrected chi connectivity index (χ2v) is 5.20. The van der Waals surface area contributed by atoms with Crippen LogP contribution in [-0.4, -0.2) is 24.5 Å². The number of amides is 1. The lowest BCUT2D eigenvalue weighted by atomic mass is 10.0. The summed E-state index contributed by atoms with van der Waals surface area (Å²) in [6.07, 6.45) is 0. The van der Waals surface area contributed by atoms with E-state index in [4.69, 9.17) is 11.6 Å². The first-order valence-corrected chi connectivity index (χ1v) is 5.66. The van der Waals surface area contributed by atoms with Gasteiger partial charge in [-0.1, -0.05) is 11.6 Å². The minimum absolute atomic E-state index is 0.0613. The summed E-state index contributed by atoms with van der Waals surface area (Å²) in [6.45, 7) is 5.26. The third-order valence-electron chi connectivity index (χ3n) is 2.59. The molecule has 0 bridgehead atoms. The molecule has 16 heavy (non-hydrogen) atoms. The SMILES string of the molecule is CC1(C)CN(c2ccc(Cl)cc2)CC(=O)N1. The van der Waals surface area contributed by atoms with Crippen molar-refractivity contribution in [1.29, 1.82) is 0 Å². The molecule has 4 heteroatoms. The maximum absolute atomic E-state index is 11.6. The van der Waals surface area contributed by atoms with Crippen LogP contribution in [0.1, 0.15) is 13.8 Å². The number of piperazine rings is 1. The van der Waals surface area contributed by atoms with Crippen LogP contribution < -0.4 is 10.2 Å². The summed E-state index contributed by atoms with van der Waals surface area (Å²) in [5.74, 6) is 0.0613. The summed E-state index contributed by atoms with van der Waals surface area (Å²) < 4.78 is 0. The number of nitrogens with zero attached hydrogens (tertiary/aromatic N) is 1. The van der Waals surface area contributed by atoms with Crippen molar-refractivity contribution in [2.45, 2.75) is 19.4 Å². The zero-order chi connectivity index (χ0) is 11.8. The fourth-order valence-electron chi connectivity index (χ4n) is 2.00. The Morgan fingerprint density at radius 1 is 1.31 bits per heavy atom. The van der Waals surface area contributed by atoms with Gasteiger partial charge in [0.1, 0.15) is 0 Å². The Labute approximate surface area is 100 Å². The van der Waals surface area contributed by atoms with Crippen molar-refractivity contribution in [3.05, 3.63) is 29.3 Å². The highest BCUT2D eigenvalue weighted by molar-refractivity contribution is 6.30. The number of benzene rings is 1. The lowest BCUT2D eigenvalue weighted by molar-refractivity contribution is -0.122. The average Bonchev–Trinajstić information content (AvgIpc) is 2.15. The van der Waals surface area contributed by atoms with E-state index in [1.165, 1.54) is 0 Å². The number of rotatable bonds is 1. The first-order chi connectivity index (χ1) is 7.46. The lowest BCUT2D eigenvalue weighted by Crippen LogP contribution is -2.60. The van der Waals surface area contributed by atoms with Gasteiger partial charge in [0.25, 0.3) is 0 Å². The fraction of sp³-hybridized carbons (Fsp3) is 0.417. The van der Waals surface area contributed by atoms with Gasteiger partial charge in [-0.2, -0.15) is 0 Å². The minimum atomic E-state index is -0.186. The predicted molar refractivity (Wildman–Crippen MR) is 65.9 cm³/mol. The highest BCUT2D eigenvalue weighted by atomic mass is 35.5. The van der Waals surface area contributed by atoms with Crippen LogP contribution >= 0.6 is 11.6 Å². The molecular weight excluding hydrogens is 224 g/mol. The van der Waals surface area contributed by atoms with Crippen LogP contribution in [0.25, 0.3) is 0 Å². The van der Waals surface area contributed by atoms with Gasteiger partial charge in [0.05, 0.1) is 12.1 Å². The van der Waals surface area contributed by atoms with Gasteiger partial charge in [0.2, 0.25) is 5.91 Å². The molecule has 0 saturated carbocycles. The van der Waals surface area contributed by atoms with Gasteiger partial charge in [-0.15, -0.1) is 0 Å². The summed E-state index contributed by atoms with van der Waals surface area (Å²) in [6, 6.07) is 7.57. The standard InChI is InChI=1S/C12H15ClN2O/c1-12(2)8-15(7-11(16)14-12)10-5-3-9(13)4-6-10/h3-6H,7-8H2,1-2H3,(H,14,16). The van der Waals surface area contributed by atoms with Gasteiger partial charge < -0.3 is 10.2 Å². The zero-order valence-electron chi connectivity index (χ0n) is 9.46. The van der Waals surface area contributed by atoms with E-state index in [-0.39, 0.29) is 11.4 Å². The van der Waals surface area contributed by atoms with E-state index in [9.17, 15) is 4.79 Å². The summed E-state index contributed by atoms with van der Waals surface area (Å²) >= 11 is 5.84. The van der Waals surface area contributed by atoms with Crippen LogP contribution in [-0.2, 0) is 4.79 Å². The molecule has 1 heterocycles. The topological polar surface area (TPSA) is 32.3 Å². The Morgan fingerprint density at radius 3 is 2.50 bits per heavy atom. The normalized spacial score (nSPS) is 19.4. The van der Waals surface area contributed by atoms with Gasteiger partial charge >= 0.3 is 0 Å². The highest BCUT2D eigenvalue weighted by Crippen LogP contribution is 2.21. The van der Waals surface area contributed by atoms with Gasteiger partial charge in [-0.05, 0) is 38.1 Å². The van der Waals surface area contributed by atoms with Crippen LogP contribution in [0.4, 0.5) is 5.69 Å². The molecule has 2 rings (SSSR count). The van der Waals surface area contributed by atoms with Crippen LogP contribution in [0.15, 0.2) is 24.3 Å². The molecule has 1 aromatic carbocycles. The molecular formula is C12H15ClN2O. The molecule has 86 valence electrons. The number of carbonyl (C=O) groups excluding carboxylic acids is 1. The number of hydrogen-bond donors (Lipinski definition) is 1. The molecule has 0 radical (unpaired) electrons. The Hall–Kier alpha value is -1.22. The molecule has 3 nitrogen and oxygen atoms in total. The summed E-state index contributed by atoms with van der Waals surface area (Å²) in [5.41, 5.74) is 0.849. The number of nitrogens with one attached hydrogen (secondary N) is 1. The molecule has 0 aromatic heterocycles. The van der Waals surface area contributed by atoms with E-state index in [0.29, 0.717) is 11.6 Å². The second kappa shape index (κ2) is 3.98. The molecule has 1 saturated heterocycles. The fourth-order valence-corrected chi connectivity index (χ4v) is 2.12. The molecule has 1 fully saturated rings. The van der Waals surface area contributed by atoms with E-state index >= 15 is 0 Å². The molecule has 1 aliphatic heterocycles. The van der Waals surface area contributed by atoms with Gasteiger partial charge in [0, 0.05) is 17.3 Å². The van der Waals surface area contributed by atoms with Crippen molar-refractivity contribution < 1.29 is 4.79 Å². The van der Waals surface area contributed by atoms with Gasteiger partial charge in [-0.3, -0.25) is 4.79 Å². The second-order valence-electron chi connectivity index (χ2n) is 4.76. The van der Waals surface area contributed by atoms with Crippen molar-refractivity contribution >= 4 is 23.2 Å². The third kappa shape index (κ3) is 2.47. The number of anilines is 1. The molecule has 1 amide bonds. The molecule has 1 aliphatic rings. The highest BCUT2D eigenvalue weighted by Gasteiger charge is 2.30. The van der Waals surface area contributed by atoms with Crippen molar-refractivity contribution in [2.75, 3.05) is 18.0 Å². The summed E-state index contributed by atoms with van der Waals surface area (Å²) in [7, 11) is 0. The molecule has 1 aromatic rings. The van der Waals surface area contributed by atoms with Gasteiger partial charge in [0.15, 0.2) is 0 Å². The van der Waals surface area contributed by atoms with E-state index in [1.54, 1.807) is 0 Å². The van der Waals surface area contributed by atoms with Crippen LogP contribution in [0.5, 0.6) is 0 Å². The predicted octanol–water partition coefficient (Wildman–Crippen LogP) is 2.05. The van der Waals surface area contributed by atoms with Crippen LogP contribution in [0.3, 0.4) is 0 Å². The number of carbonyl (C=O) groups is 1. The number of hydrogen-bond acceptors (Lipinski definition) is 2. The Kier molecular flexibility index (Phi) is 2.80. The molecule has 0 unspecified atom stereocenters. The summed E-state index contributed by atoms with van der Waals surface area (Å²) in [4.78, 5) is 13.6. The van der Waals surface area contributed by atoms with E-state index in [0.717, 1.165) is 12.2 Å². The van der Waals surface area contributed by atoms with Crippen molar-refractivity contribution in [2.24, 2.45) is 0 Å². The van der Waals surface area contributed by atoms with E-state index < -0.39 is 0 Å². The smallest absolute Gasteiger partial charge is 0.239 e. The Balaban J connectivity index is 2.21. The van der Waals surface area contributed by atoms with Crippen LogP contribution in [0, 0.1) is 0 Å². The molecule has 0 aliphatic carbocycles. The van der Waals surface area contributed by atoms with E-state index in [2.05, 4.69) is 10.2 Å². The van der Waals surface area contributed by atoms with Gasteiger partial charge in [-0.25, -0.2) is 0 Å². The maximum atomic E-state index is 11.6. The largest absolute Gasteiger partial charge is 0.360 e. The van der Waals surface area contributed by atoms with Crippen LogP contribution in [0.2, 0.25) is 5.02 Å². The Bertz CT molecular complexity index is 400. The van der Waals surface area contributed by atoms with Crippen molar-refractivity contribution in [3.63, 3.8) is 0 Å². The monoisotopic (exact) mass is 238 g/mol. The molecule has 0 spiro atoms. The quantitative estimate of drug-likeness (QED) is 0.812. The van der Waals surface area contributed by atoms with E-state index in [1.807, 2.05) is 38.1 Å². The third-order valence-corrected chi connectivity index (χ3v) is 2.84.